The first-order valence-electron chi connectivity index (χ1n) is 7.72. The highest BCUT2D eigenvalue weighted by Gasteiger charge is 2.09. The highest BCUT2D eigenvalue weighted by molar-refractivity contribution is 5.94. The van der Waals surface area contributed by atoms with Crippen molar-refractivity contribution in [1.29, 1.82) is 0 Å². The van der Waals surface area contributed by atoms with Gasteiger partial charge in [0.2, 0.25) is 0 Å². The first kappa shape index (κ1) is 18.1. The maximum atomic E-state index is 11.8. The van der Waals surface area contributed by atoms with Crippen molar-refractivity contribution in [2.75, 3.05) is 26.2 Å². The van der Waals surface area contributed by atoms with Gasteiger partial charge in [-0.1, -0.05) is 0 Å². The van der Waals surface area contributed by atoms with Gasteiger partial charge in [-0.3, -0.25) is 19.2 Å². The number of pyridine rings is 2. The molecule has 0 spiro atoms. The molecule has 9 nitrogen and oxygen atoms in total. The van der Waals surface area contributed by atoms with Crippen LogP contribution in [0, 0.1) is 0 Å². The van der Waals surface area contributed by atoms with E-state index in [-0.39, 0.29) is 11.1 Å². The van der Waals surface area contributed by atoms with Gasteiger partial charge >= 0.3 is 0 Å². The van der Waals surface area contributed by atoms with E-state index in [1.165, 1.54) is 24.5 Å². The first-order chi connectivity index (χ1) is 12.1. The molecule has 9 heteroatoms. The van der Waals surface area contributed by atoms with Gasteiger partial charge in [-0.25, -0.2) is 0 Å². The smallest absolute Gasteiger partial charge is 0.260 e. The van der Waals surface area contributed by atoms with Gasteiger partial charge in [-0.15, -0.1) is 0 Å². The summed E-state index contributed by atoms with van der Waals surface area (Å²) < 4.78 is 0. The lowest BCUT2D eigenvalue weighted by Crippen LogP contribution is -2.38. The Hall–Kier alpha value is -3.20. The Kier molecular flexibility index (Phi) is 6.66. The van der Waals surface area contributed by atoms with Crippen LogP contribution in [0.1, 0.15) is 20.7 Å². The van der Waals surface area contributed by atoms with E-state index >= 15 is 0 Å². The maximum absolute atomic E-state index is 11.8. The summed E-state index contributed by atoms with van der Waals surface area (Å²) >= 11 is 0. The van der Waals surface area contributed by atoms with Gasteiger partial charge in [0, 0.05) is 38.6 Å². The molecule has 2 amide bonds. The SMILES string of the molecule is O=C(NCCNCCNC(=O)c1ccc[nH]c1=O)c1ccc[nH]c1=O. The van der Waals surface area contributed by atoms with Gasteiger partial charge < -0.3 is 25.9 Å². The summed E-state index contributed by atoms with van der Waals surface area (Å²) in [4.78, 5) is 51.3. The molecule has 0 unspecified atom stereocenters. The number of carbonyl (C=O) groups excluding carboxylic acids is 2. The zero-order valence-corrected chi connectivity index (χ0v) is 13.4. The third-order valence-corrected chi connectivity index (χ3v) is 3.30. The number of aromatic amines is 2. The molecule has 25 heavy (non-hydrogen) atoms. The predicted molar refractivity (Wildman–Crippen MR) is 91.7 cm³/mol. The summed E-state index contributed by atoms with van der Waals surface area (Å²) in [6.45, 7) is 1.61. The van der Waals surface area contributed by atoms with Crippen LogP contribution in [0.2, 0.25) is 0 Å². The van der Waals surface area contributed by atoms with Crippen molar-refractivity contribution >= 4 is 11.8 Å². The Bertz CT molecular complexity index is 773. The molecule has 2 rings (SSSR count). The van der Waals surface area contributed by atoms with E-state index in [1.807, 2.05) is 0 Å². The fourth-order valence-corrected chi connectivity index (χ4v) is 2.05. The Labute approximate surface area is 142 Å². The number of hydrogen-bond donors (Lipinski definition) is 5. The number of hydrogen-bond acceptors (Lipinski definition) is 5. The van der Waals surface area contributed by atoms with Gasteiger partial charge in [-0.05, 0) is 24.3 Å². The van der Waals surface area contributed by atoms with Crippen LogP contribution in [0.15, 0.2) is 46.2 Å². The fraction of sp³-hybridized carbons (Fsp3) is 0.250. The summed E-state index contributed by atoms with van der Waals surface area (Å²) in [5, 5.41) is 8.26. The van der Waals surface area contributed by atoms with E-state index in [0.29, 0.717) is 26.2 Å². The van der Waals surface area contributed by atoms with Crippen LogP contribution in [0.4, 0.5) is 0 Å². The average molecular weight is 345 g/mol. The van der Waals surface area contributed by atoms with Crippen molar-refractivity contribution in [2.45, 2.75) is 0 Å². The van der Waals surface area contributed by atoms with Gasteiger partial charge in [-0.2, -0.15) is 0 Å². The number of aromatic nitrogens is 2. The van der Waals surface area contributed by atoms with Crippen molar-refractivity contribution in [3.8, 4) is 0 Å². The highest BCUT2D eigenvalue weighted by atomic mass is 16.2. The van der Waals surface area contributed by atoms with Crippen molar-refractivity contribution in [3.63, 3.8) is 0 Å². The molecular weight excluding hydrogens is 326 g/mol. The first-order valence-corrected chi connectivity index (χ1v) is 7.72. The summed E-state index contributed by atoms with van der Waals surface area (Å²) in [6.07, 6.45) is 2.91. The zero-order chi connectivity index (χ0) is 18.1. The van der Waals surface area contributed by atoms with E-state index in [1.54, 1.807) is 12.1 Å². The molecule has 0 aliphatic carbocycles. The number of H-pyrrole nitrogens is 2. The molecule has 5 N–H and O–H groups in total. The van der Waals surface area contributed by atoms with Crippen molar-refractivity contribution in [1.82, 2.24) is 25.9 Å². The van der Waals surface area contributed by atoms with E-state index in [4.69, 9.17) is 0 Å². The Morgan fingerprint density at radius 2 is 1.20 bits per heavy atom. The fourth-order valence-electron chi connectivity index (χ4n) is 2.05. The van der Waals surface area contributed by atoms with Crippen molar-refractivity contribution in [3.05, 3.63) is 68.5 Å². The van der Waals surface area contributed by atoms with Gasteiger partial charge in [0.1, 0.15) is 11.1 Å². The summed E-state index contributed by atoms with van der Waals surface area (Å²) in [7, 11) is 0. The molecule has 0 fully saturated rings. The summed E-state index contributed by atoms with van der Waals surface area (Å²) in [5.74, 6) is -0.888. The molecule has 0 saturated heterocycles. The second-order valence-corrected chi connectivity index (χ2v) is 5.09. The van der Waals surface area contributed by atoms with Gasteiger partial charge in [0.05, 0.1) is 0 Å². The summed E-state index contributed by atoms with van der Waals surface area (Å²) in [5.41, 5.74) is -0.760. The molecule has 132 valence electrons. The zero-order valence-electron chi connectivity index (χ0n) is 13.4. The second kappa shape index (κ2) is 9.18. The van der Waals surface area contributed by atoms with Crippen LogP contribution in [-0.2, 0) is 0 Å². The van der Waals surface area contributed by atoms with Gasteiger partial charge in [0.25, 0.3) is 22.9 Å². The molecule has 0 aliphatic heterocycles. The molecule has 0 saturated carbocycles. The van der Waals surface area contributed by atoms with Crippen LogP contribution in [-0.4, -0.2) is 48.0 Å². The predicted octanol–water partition coefficient (Wildman–Crippen LogP) is -1.19. The summed E-state index contributed by atoms with van der Waals surface area (Å²) in [6, 6.07) is 6.05. The van der Waals surface area contributed by atoms with E-state index in [2.05, 4.69) is 25.9 Å². The van der Waals surface area contributed by atoms with Crippen LogP contribution in [0.3, 0.4) is 0 Å². The lowest BCUT2D eigenvalue weighted by Gasteiger charge is -2.07. The largest absolute Gasteiger partial charge is 0.351 e. The minimum absolute atomic E-state index is 0.0582. The van der Waals surface area contributed by atoms with Crippen molar-refractivity contribution < 1.29 is 9.59 Å². The standard InChI is InChI=1S/C16H19N5O4/c22-13-11(3-1-5-18-13)15(24)20-9-7-17-8-10-21-16(25)12-4-2-6-19-14(12)23/h1-6,17H,7-10H2,(H,18,22)(H,19,23)(H,20,24)(H,21,25). The number of nitrogens with one attached hydrogen (secondary N) is 5. The number of rotatable bonds is 8. The Morgan fingerprint density at radius 3 is 1.60 bits per heavy atom. The van der Waals surface area contributed by atoms with E-state index in [0.717, 1.165) is 0 Å². The van der Waals surface area contributed by atoms with Crippen LogP contribution in [0.25, 0.3) is 0 Å². The van der Waals surface area contributed by atoms with Gasteiger partial charge in [0.15, 0.2) is 0 Å². The van der Waals surface area contributed by atoms with Crippen LogP contribution >= 0.6 is 0 Å². The average Bonchev–Trinajstić information content (AvgIpc) is 2.61. The number of carbonyl (C=O) groups is 2. The van der Waals surface area contributed by atoms with E-state index in [9.17, 15) is 19.2 Å². The molecule has 2 aromatic rings. The molecule has 0 aliphatic rings. The molecule has 2 heterocycles. The lowest BCUT2D eigenvalue weighted by atomic mass is 10.2. The minimum Gasteiger partial charge on any atom is -0.351 e. The third-order valence-electron chi connectivity index (χ3n) is 3.30. The second-order valence-electron chi connectivity index (χ2n) is 5.09. The number of amides is 2. The minimum atomic E-state index is -0.444. The molecule has 0 bridgehead atoms. The van der Waals surface area contributed by atoms with E-state index < -0.39 is 22.9 Å². The normalized spacial score (nSPS) is 10.2. The highest BCUT2D eigenvalue weighted by Crippen LogP contribution is 1.89. The maximum Gasteiger partial charge on any atom is 0.260 e. The van der Waals surface area contributed by atoms with Crippen molar-refractivity contribution in [2.24, 2.45) is 0 Å². The molecule has 2 aromatic heterocycles. The monoisotopic (exact) mass is 345 g/mol. The Morgan fingerprint density at radius 1 is 0.760 bits per heavy atom. The molecule has 0 radical (unpaired) electrons. The molecule has 0 aromatic carbocycles. The molecular formula is C16H19N5O4. The Balaban J connectivity index is 1.61. The van der Waals surface area contributed by atoms with Crippen LogP contribution < -0.4 is 27.1 Å². The third kappa shape index (κ3) is 5.43. The van der Waals surface area contributed by atoms with Crippen LogP contribution in [0.5, 0.6) is 0 Å². The molecule has 0 atom stereocenters. The topological polar surface area (TPSA) is 136 Å². The quantitative estimate of drug-likeness (QED) is 0.383. The lowest BCUT2D eigenvalue weighted by molar-refractivity contribution is 0.0947.